The quantitative estimate of drug-likeness (QED) is 0.423. The molecule has 1 amide bonds. The molecule has 162 valence electrons. The van der Waals surface area contributed by atoms with E-state index in [0.29, 0.717) is 19.8 Å². The number of carbonyl (C=O) groups is 1. The third-order valence-corrected chi connectivity index (χ3v) is 3.88. The lowest BCUT2D eigenvalue weighted by Crippen LogP contribution is -2.50. The molecule has 0 heterocycles. The van der Waals surface area contributed by atoms with Gasteiger partial charge in [-0.05, 0) is 54.4 Å². The first-order valence-electron chi connectivity index (χ1n) is 10.3. The Bertz CT molecular complexity index is 400. The number of amides is 1. The number of nitrogens with one attached hydrogen (secondary N) is 2. The summed E-state index contributed by atoms with van der Waals surface area (Å²) in [7, 11) is 0. The minimum atomic E-state index is -0.352. The van der Waals surface area contributed by atoms with Crippen molar-refractivity contribution in [2.75, 3.05) is 26.4 Å². The largest absolute Gasteiger partial charge is 0.396 e. The molecule has 2 atom stereocenters. The van der Waals surface area contributed by atoms with Crippen LogP contribution in [-0.2, 0) is 14.3 Å². The number of ether oxygens (including phenoxy) is 2. The van der Waals surface area contributed by atoms with Gasteiger partial charge in [-0.2, -0.15) is 0 Å². The predicted molar refractivity (Wildman–Crippen MR) is 111 cm³/mol. The molecule has 0 aliphatic rings. The number of hydrogen-bond donors (Lipinski definition) is 3. The van der Waals surface area contributed by atoms with Crippen molar-refractivity contribution in [2.45, 2.75) is 97.9 Å². The van der Waals surface area contributed by atoms with E-state index in [1.807, 2.05) is 55.4 Å². The second-order valence-electron chi connectivity index (χ2n) is 9.56. The molecule has 0 aliphatic carbocycles. The van der Waals surface area contributed by atoms with Crippen LogP contribution in [-0.4, -0.2) is 60.7 Å². The maximum atomic E-state index is 12.4. The molecule has 0 aromatic heterocycles. The molecule has 0 aromatic rings. The van der Waals surface area contributed by atoms with Gasteiger partial charge in [-0.3, -0.25) is 4.79 Å². The molecule has 0 rings (SSSR count). The fraction of sp³-hybridized carbons (Fsp3) is 0.952. The zero-order valence-corrected chi connectivity index (χ0v) is 18.9. The predicted octanol–water partition coefficient (Wildman–Crippen LogP) is 2.88. The van der Waals surface area contributed by atoms with Crippen LogP contribution in [0.1, 0.15) is 74.7 Å². The Balaban J connectivity index is 4.18. The summed E-state index contributed by atoms with van der Waals surface area (Å²) in [5, 5.41) is 15.7. The first kappa shape index (κ1) is 26.3. The average molecular weight is 389 g/mol. The van der Waals surface area contributed by atoms with Gasteiger partial charge in [0.25, 0.3) is 0 Å². The molecular weight excluding hydrogens is 344 g/mol. The zero-order valence-electron chi connectivity index (χ0n) is 18.9. The minimum Gasteiger partial charge on any atom is -0.396 e. The molecule has 0 saturated carbocycles. The molecule has 1 unspecified atom stereocenters. The summed E-state index contributed by atoms with van der Waals surface area (Å²) in [6.45, 7) is 17.7. The number of aliphatic hydroxyl groups excluding tert-OH is 1. The van der Waals surface area contributed by atoms with Gasteiger partial charge >= 0.3 is 0 Å². The average Bonchev–Trinajstić information content (AvgIpc) is 2.51. The summed E-state index contributed by atoms with van der Waals surface area (Å²) in [4.78, 5) is 12.4. The molecule has 0 aliphatic heterocycles. The van der Waals surface area contributed by atoms with Gasteiger partial charge in [-0.15, -0.1) is 0 Å². The molecule has 6 nitrogen and oxygen atoms in total. The number of hydrogen-bond acceptors (Lipinski definition) is 5. The lowest BCUT2D eigenvalue weighted by atomic mass is 10.0. The van der Waals surface area contributed by atoms with Gasteiger partial charge in [0.15, 0.2) is 0 Å². The molecule has 6 heteroatoms. The van der Waals surface area contributed by atoms with Crippen molar-refractivity contribution in [3.63, 3.8) is 0 Å². The summed E-state index contributed by atoms with van der Waals surface area (Å²) < 4.78 is 11.5. The molecule has 0 saturated heterocycles. The van der Waals surface area contributed by atoms with E-state index in [-0.39, 0.29) is 41.7 Å². The molecule has 0 bridgehead atoms. The molecule has 3 N–H and O–H groups in total. The van der Waals surface area contributed by atoms with Crippen LogP contribution in [0.4, 0.5) is 0 Å². The SMILES string of the molecule is CC(C)N[C@@H](COC(C)(C)C)C(=O)NCCCCC(CO)COC(C)(C)C. The van der Waals surface area contributed by atoms with E-state index >= 15 is 0 Å². The van der Waals surface area contributed by atoms with Crippen LogP contribution < -0.4 is 10.6 Å². The Labute approximate surface area is 166 Å². The highest BCUT2D eigenvalue weighted by atomic mass is 16.5. The van der Waals surface area contributed by atoms with E-state index in [0.717, 1.165) is 19.3 Å². The van der Waals surface area contributed by atoms with Gasteiger partial charge in [0.05, 0.1) is 24.4 Å². The van der Waals surface area contributed by atoms with E-state index in [2.05, 4.69) is 10.6 Å². The van der Waals surface area contributed by atoms with Crippen molar-refractivity contribution in [1.82, 2.24) is 10.6 Å². The van der Waals surface area contributed by atoms with Gasteiger partial charge < -0.3 is 25.2 Å². The van der Waals surface area contributed by atoms with Crippen molar-refractivity contribution >= 4 is 5.91 Å². The van der Waals surface area contributed by atoms with Crippen molar-refractivity contribution in [2.24, 2.45) is 5.92 Å². The van der Waals surface area contributed by atoms with Crippen LogP contribution in [0.5, 0.6) is 0 Å². The fourth-order valence-corrected chi connectivity index (χ4v) is 2.42. The Morgan fingerprint density at radius 2 is 1.52 bits per heavy atom. The fourth-order valence-electron chi connectivity index (χ4n) is 2.42. The highest BCUT2D eigenvalue weighted by Crippen LogP contribution is 2.14. The van der Waals surface area contributed by atoms with Crippen LogP contribution in [0.15, 0.2) is 0 Å². The molecule has 0 aromatic carbocycles. The summed E-state index contributed by atoms with van der Waals surface area (Å²) >= 11 is 0. The summed E-state index contributed by atoms with van der Waals surface area (Å²) in [5.41, 5.74) is -0.458. The second kappa shape index (κ2) is 12.7. The van der Waals surface area contributed by atoms with Crippen LogP contribution in [0.25, 0.3) is 0 Å². The van der Waals surface area contributed by atoms with Crippen molar-refractivity contribution < 1.29 is 19.4 Å². The monoisotopic (exact) mass is 388 g/mol. The van der Waals surface area contributed by atoms with E-state index in [1.54, 1.807) is 0 Å². The number of aliphatic hydroxyl groups is 1. The smallest absolute Gasteiger partial charge is 0.239 e. The van der Waals surface area contributed by atoms with Gasteiger partial charge in [0.2, 0.25) is 5.91 Å². The van der Waals surface area contributed by atoms with Crippen LogP contribution in [0.2, 0.25) is 0 Å². The summed E-state index contributed by atoms with van der Waals surface area (Å²) in [5.74, 6) is 0.123. The van der Waals surface area contributed by atoms with Gasteiger partial charge in [-0.25, -0.2) is 0 Å². The zero-order chi connectivity index (χ0) is 21.1. The van der Waals surface area contributed by atoms with Crippen LogP contribution in [0.3, 0.4) is 0 Å². The molecular formula is C21H44N2O4. The summed E-state index contributed by atoms with van der Waals surface area (Å²) in [6.07, 6.45) is 2.72. The van der Waals surface area contributed by atoms with Crippen molar-refractivity contribution in [3.8, 4) is 0 Å². The highest BCUT2D eigenvalue weighted by Gasteiger charge is 2.22. The third kappa shape index (κ3) is 16.0. The Kier molecular flexibility index (Phi) is 12.4. The van der Waals surface area contributed by atoms with E-state index in [4.69, 9.17) is 9.47 Å². The maximum Gasteiger partial charge on any atom is 0.239 e. The first-order chi connectivity index (χ1) is 12.3. The van der Waals surface area contributed by atoms with Gasteiger partial charge in [-0.1, -0.05) is 20.3 Å². The lowest BCUT2D eigenvalue weighted by Gasteiger charge is -2.26. The highest BCUT2D eigenvalue weighted by molar-refractivity contribution is 5.81. The van der Waals surface area contributed by atoms with Gasteiger partial charge in [0.1, 0.15) is 6.04 Å². The van der Waals surface area contributed by atoms with Crippen LogP contribution >= 0.6 is 0 Å². The minimum absolute atomic E-state index is 0.0253. The number of unbranched alkanes of at least 4 members (excludes halogenated alkanes) is 1. The van der Waals surface area contributed by atoms with Crippen molar-refractivity contribution in [3.05, 3.63) is 0 Å². The molecule has 0 spiro atoms. The summed E-state index contributed by atoms with van der Waals surface area (Å²) in [6, 6.07) is -0.146. The molecule has 0 fully saturated rings. The maximum absolute atomic E-state index is 12.4. The number of rotatable bonds is 13. The molecule has 27 heavy (non-hydrogen) atoms. The standard InChI is InChI=1S/C21H44N2O4/c1-16(2)23-18(15-27-21(6,7)8)19(25)22-12-10-9-11-17(13-24)14-26-20(3,4)5/h16-18,23-24H,9-15H2,1-8H3,(H,22,25)/t17?,18-/m0/s1. The molecule has 0 radical (unpaired) electrons. The Morgan fingerprint density at radius 3 is 2.00 bits per heavy atom. The van der Waals surface area contributed by atoms with Crippen LogP contribution in [0, 0.1) is 5.92 Å². The first-order valence-corrected chi connectivity index (χ1v) is 10.3. The normalized spacial score (nSPS) is 15.0. The van der Waals surface area contributed by atoms with E-state index < -0.39 is 0 Å². The topological polar surface area (TPSA) is 79.8 Å². The van der Waals surface area contributed by atoms with Crippen molar-refractivity contribution in [1.29, 1.82) is 0 Å². The van der Waals surface area contributed by atoms with Gasteiger partial charge in [0, 0.05) is 25.1 Å². The third-order valence-electron chi connectivity index (χ3n) is 3.88. The lowest BCUT2D eigenvalue weighted by molar-refractivity contribution is -0.126. The number of carbonyl (C=O) groups excluding carboxylic acids is 1. The van der Waals surface area contributed by atoms with E-state index in [9.17, 15) is 9.90 Å². The Hall–Kier alpha value is -0.690. The van der Waals surface area contributed by atoms with E-state index in [1.165, 1.54) is 0 Å². The Morgan fingerprint density at radius 1 is 0.963 bits per heavy atom. The second-order valence-corrected chi connectivity index (χ2v) is 9.56.